The Bertz CT molecular complexity index is 811. The molecule has 1 aliphatic rings. The Hall–Kier alpha value is -2.89. The highest BCUT2D eigenvalue weighted by molar-refractivity contribution is 5.75. The van der Waals surface area contributed by atoms with Crippen LogP contribution in [0.5, 0.6) is 0 Å². The fraction of sp³-hybridized carbons (Fsp3) is 0.381. The molecule has 1 unspecified atom stereocenters. The van der Waals surface area contributed by atoms with Crippen molar-refractivity contribution in [1.29, 1.82) is 0 Å². The average molecular weight is 368 g/mol. The van der Waals surface area contributed by atoms with Crippen molar-refractivity contribution in [2.45, 2.75) is 39.3 Å². The van der Waals surface area contributed by atoms with Crippen LogP contribution in [0.3, 0.4) is 0 Å². The number of benzene rings is 1. The summed E-state index contributed by atoms with van der Waals surface area (Å²) in [5.74, 6) is -0.551. The van der Waals surface area contributed by atoms with Crippen LogP contribution < -0.4 is 0 Å². The number of esters is 2. The fourth-order valence-electron chi connectivity index (χ4n) is 3.11. The number of carbonyl (C=O) groups excluding carboxylic acids is 2. The highest BCUT2D eigenvalue weighted by atomic mass is 16.5. The zero-order valence-electron chi connectivity index (χ0n) is 15.5. The summed E-state index contributed by atoms with van der Waals surface area (Å²) in [6.45, 7) is 2.56. The number of hydrogen-bond acceptors (Lipinski definition) is 5. The smallest absolute Gasteiger partial charge is 0.327 e. The number of allylic oxidation sites excluding steroid dienone is 2. The molecule has 6 nitrogen and oxygen atoms in total. The fourth-order valence-corrected chi connectivity index (χ4v) is 3.11. The third-order valence-corrected chi connectivity index (χ3v) is 4.57. The number of aromatic nitrogens is 2. The molecule has 142 valence electrons. The summed E-state index contributed by atoms with van der Waals surface area (Å²) in [5.41, 5.74) is 3.12. The molecule has 1 heterocycles. The first-order valence-corrected chi connectivity index (χ1v) is 9.23. The predicted molar refractivity (Wildman–Crippen MR) is 100 cm³/mol. The first-order chi connectivity index (χ1) is 13.2. The molecule has 0 bridgehead atoms. The Morgan fingerprint density at radius 1 is 1.22 bits per heavy atom. The van der Waals surface area contributed by atoms with E-state index in [0.29, 0.717) is 19.6 Å². The van der Waals surface area contributed by atoms with Gasteiger partial charge in [-0.1, -0.05) is 36.4 Å². The molecule has 0 amide bonds. The van der Waals surface area contributed by atoms with Crippen LogP contribution in [0.4, 0.5) is 0 Å². The summed E-state index contributed by atoms with van der Waals surface area (Å²) in [6, 6.07) is 9.69. The van der Waals surface area contributed by atoms with Crippen molar-refractivity contribution in [3.05, 3.63) is 59.9 Å². The highest BCUT2D eigenvalue weighted by Gasteiger charge is 2.24. The SMILES string of the molecule is CCOC(=O)Cn1cc(C2=CCC(C(=O)OCc3ccccc3)CC2)cn1. The maximum atomic E-state index is 12.3. The number of hydrogen-bond donors (Lipinski definition) is 0. The van der Waals surface area contributed by atoms with E-state index in [4.69, 9.17) is 9.47 Å². The van der Waals surface area contributed by atoms with Gasteiger partial charge in [-0.15, -0.1) is 0 Å². The standard InChI is InChI=1S/C21H24N2O4/c1-2-26-20(24)14-23-13-19(12-22-23)17-8-10-18(11-9-17)21(25)27-15-16-6-4-3-5-7-16/h3-8,12-13,18H,2,9-11,14-15H2,1H3. The van der Waals surface area contributed by atoms with Crippen molar-refractivity contribution in [3.63, 3.8) is 0 Å². The monoisotopic (exact) mass is 368 g/mol. The van der Waals surface area contributed by atoms with Crippen LogP contribution in [-0.4, -0.2) is 28.3 Å². The minimum Gasteiger partial charge on any atom is -0.465 e. The van der Waals surface area contributed by atoms with E-state index >= 15 is 0 Å². The quantitative estimate of drug-likeness (QED) is 0.701. The zero-order chi connectivity index (χ0) is 19.1. The molecule has 0 aliphatic heterocycles. The lowest BCUT2D eigenvalue weighted by molar-refractivity contribution is -0.150. The van der Waals surface area contributed by atoms with Crippen molar-refractivity contribution in [2.24, 2.45) is 5.92 Å². The van der Waals surface area contributed by atoms with Crippen molar-refractivity contribution in [2.75, 3.05) is 6.61 Å². The van der Waals surface area contributed by atoms with Gasteiger partial charge in [0.1, 0.15) is 13.2 Å². The maximum Gasteiger partial charge on any atom is 0.327 e. The van der Waals surface area contributed by atoms with E-state index in [1.807, 2.05) is 36.5 Å². The van der Waals surface area contributed by atoms with E-state index in [0.717, 1.165) is 29.5 Å². The second kappa shape index (κ2) is 9.16. The molecule has 6 heteroatoms. The molecule has 3 rings (SSSR count). The number of rotatable bonds is 7. The third-order valence-electron chi connectivity index (χ3n) is 4.57. The van der Waals surface area contributed by atoms with Gasteiger partial charge >= 0.3 is 11.9 Å². The van der Waals surface area contributed by atoms with Crippen molar-refractivity contribution in [1.82, 2.24) is 9.78 Å². The molecule has 27 heavy (non-hydrogen) atoms. The van der Waals surface area contributed by atoms with Gasteiger partial charge in [0.2, 0.25) is 0 Å². The molecule has 0 fully saturated rings. The van der Waals surface area contributed by atoms with E-state index in [-0.39, 0.29) is 24.4 Å². The summed E-state index contributed by atoms with van der Waals surface area (Å²) >= 11 is 0. The Kier molecular flexibility index (Phi) is 6.41. The van der Waals surface area contributed by atoms with Crippen LogP contribution >= 0.6 is 0 Å². The van der Waals surface area contributed by atoms with Crippen LogP contribution in [0.1, 0.15) is 37.3 Å². The van der Waals surface area contributed by atoms with Gasteiger partial charge in [-0.2, -0.15) is 5.10 Å². The summed E-state index contributed by atoms with van der Waals surface area (Å²) in [6.07, 6.45) is 7.87. The summed E-state index contributed by atoms with van der Waals surface area (Å²) in [7, 11) is 0. The molecule has 0 N–H and O–H groups in total. The number of carbonyl (C=O) groups is 2. The Labute approximate surface area is 158 Å². The van der Waals surface area contributed by atoms with Gasteiger partial charge in [0.25, 0.3) is 0 Å². The van der Waals surface area contributed by atoms with E-state index < -0.39 is 0 Å². The Morgan fingerprint density at radius 3 is 2.74 bits per heavy atom. The third kappa shape index (κ3) is 5.29. The second-order valence-electron chi connectivity index (χ2n) is 6.53. The van der Waals surface area contributed by atoms with Gasteiger partial charge < -0.3 is 9.47 Å². The largest absolute Gasteiger partial charge is 0.465 e. The average Bonchev–Trinajstić information content (AvgIpc) is 3.15. The minimum absolute atomic E-state index is 0.105. The molecule has 1 aromatic carbocycles. The van der Waals surface area contributed by atoms with Gasteiger partial charge in [0.05, 0.1) is 18.7 Å². The van der Waals surface area contributed by atoms with E-state index in [1.54, 1.807) is 17.8 Å². The predicted octanol–water partition coefficient (Wildman–Crippen LogP) is 3.37. The molecular weight excluding hydrogens is 344 g/mol. The zero-order valence-corrected chi connectivity index (χ0v) is 15.5. The summed E-state index contributed by atoms with van der Waals surface area (Å²) in [4.78, 5) is 23.8. The molecule has 2 aromatic rings. The molecule has 0 saturated carbocycles. The lowest BCUT2D eigenvalue weighted by Gasteiger charge is -2.20. The molecule has 1 atom stereocenters. The van der Waals surface area contributed by atoms with Crippen LogP contribution in [-0.2, 0) is 32.2 Å². The van der Waals surface area contributed by atoms with Crippen molar-refractivity contribution >= 4 is 17.5 Å². The summed E-state index contributed by atoms with van der Waals surface area (Å²) < 4.78 is 12.0. The minimum atomic E-state index is -0.300. The van der Waals surface area contributed by atoms with Gasteiger partial charge in [-0.05, 0) is 37.3 Å². The molecular formula is C21H24N2O4. The topological polar surface area (TPSA) is 70.4 Å². The van der Waals surface area contributed by atoms with Crippen LogP contribution in [0.2, 0.25) is 0 Å². The Balaban J connectivity index is 1.51. The number of nitrogens with zero attached hydrogens (tertiary/aromatic N) is 2. The number of ether oxygens (including phenoxy) is 2. The van der Waals surface area contributed by atoms with Crippen molar-refractivity contribution < 1.29 is 19.1 Å². The van der Waals surface area contributed by atoms with Crippen LogP contribution in [0.15, 0.2) is 48.8 Å². The van der Waals surface area contributed by atoms with Crippen LogP contribution in [0, 0.1) is 5.92 Å². The first-order valence-electron chi connectivity index (χ1n) is 9.23. The lowest BCUT2D eigenvalue weighted by Crippen LogP contribution is -2.19. The van der Waals surface area contributed by atoms with E-state index in [1.165, 1.54) is 0 Å². The van der Waals surface area contributed by atoms with Gasteiger partial charge in [0.15, 0.2) is 0 Å². The van der Waals surface area contributed by atoms with Gasteiger partial charge in [-0.3, -0.25) is 14.3 Å². The van der Waals surface area contributed by atoms with Gasteiger partial charge in [0, 0.05) is 11.8 Å². The molecule has 1 aliphatic carbocycles. The normalized spacial score (nSPS) is 16.5. The Morgan fingerprint density at radius 2 is 2.04 bits per heavy atom. The van der Waals surface area contributed by atoms with Gasteiger partial charge in [-0.25, -0.2) is 0 Å². The maximum absolute atomic E-state index is 12.3. The van der Waals surface area contributed by atoms with E-state index in [9.17, 15) is 9.59 Å². The highest BCUT2D eigenvalue weighted by Crippen LogP contribution is 2.30. The summed E-state index contributed by atoms with van der Waals surface area (Å²) in [5, 5.41) is 4.21. The van der Waals surface area contributed by atoms with Crippen LogP contribution in [0.25, 0.3) is 5.57 Å². The molecule has 0 saturated heterocycles. The van der Waals surface area contributed by atoms with Crippen molar-refractivity contribution in [3.8, 4) is 0 Å². The molecule has 0 spiro atoms. The lowest BCUT2D eigenvalue weighted by atomic mass is 9.87. The second-order valence-corrected chi connectivity index (χ2v) is 6.53. The molecule has 0 radical (unpaired) electrons. The first kappa shape index (κ1) is 18.9. The van der Waals surface area contributed by atoms with E-state index in [2.05, 4.69) is 11.2 Å². The molecule has 1 aromatic heterocycles.